The number of hydrogen-bond acceptors (Lipinski definition) is 4. The number of ether oxygens (including phenoxy) is 2. The van der Waals surface area contributed by atoms with Gasteiger partial charge in [-0.3, -0.25) is 4.98 Å². The van der Waals surface area contributed by atoms with Crippen LogP contribution in [-0.2, 0) is 4.57 Å². The first-order chi connectivity index (χ1) is 16.7. The predicted molar refractivity (Wildman–Crippen MR) is 135 cm³/mol. The second-order valence-electron chi connectivity index (χ2n) is 8.36. The van der Waals surface area contributed by atoms with E-state index in [-0.39, 0.29) is 0 Å². The first-order valence-electron chi connectivity index (χ1n) is 11.1. The van der Waals surface area contributed by atoms with E-state index >= 15 is 0 Å². The van der Waals surface area contributed by atoms with Gasteiger partial charge in [0.1, 0.15) is 28.3 Å². The molecule has 34 heavy (non-hydrogen) atoms. The number of aromatic nitrogens is 1. The van der Waals surface area contributed by atoms with E-state index in [0.717, 1.165) is 22.3 Å². The van der Waals surface area contributed by atoms with E-state index in [1.165, 1.54) is 0 Å². The molecule has 2 aliphatic heterocycles. The maximum absolute atomic E-state index is 15.0. The minimum Gasteiger partial charge on any atom is -0.456 e. The second-order valence-corrected chi connectivity index (χ2v) is 11.0. The third kappa shape index (κ3) is 2.66. The highest BCUT2D eigenvalue weighted by atomic mass is 31.2. The Morgan fingerprint density at radius 3 is 1.97 bits per heavy atom. The summed E-state index contributed by atoms with van der Waals surface area (Å²) in [5.74, 6) is 2.44. The Morgan fingerprint density at radius 1 is 0.588 bits per heavy atom. The molecule has 1 atom stereocenters. The number of para-hydroxylation sites is 2. The molecule has 7 rings (SSSR count). The molecular weight excluding hydrogens is 441 g/mol. The van der Waals surface area contributed by atoms with Gasteiger partial charge < -0.3 is 14.0 Å². The number of nitrogens with zero attached hydrogens (tertiary/aromatic N) is 1. The van der Waals surface area contributed by atoms with Gasteiger partial charge in [-0.15, -0.1) is 0 Å². The Bertz CT molecular complexity index is 1610. The van der Waals surface area contributed by atoms with Gasteiger partial charge in [0.15, 0.2) is 7.14 Å². The topological polar surface area (TPSA) is 48.4 Å². The molecule has 5 aromatic rings. The van der Waals surface area contributed by atoms with Crippen LogP contribution in [0.25, 0.3) is 22.3 Å². The summed E-state index contributed by atoms with van der Waals surface area (Å²) in [4.78, 5) is 4.22. The van der Waals surface area contributed by atoms with Crippen molar-refractivity contribution in [2.75, 3.05) is 0 Å². The van der Waals surface area contributed by atoms with Gasteiger partial charge in [-0.2, -0.15) is 0 Å². The summed E-state index contributed by atoms with van der Waals surface area (Å²) < 4.78 is 27.7. The van der Waals surface area contributed by atoms with Crippen LogP contribution in [0.4, 0.5) is 0 Å². The van der Waals surface area contributed by atoms with Gasteiger partial charge in [0.05, 0.1) is 10.6 Å². The van der Waals surface area contributed by atoms with Crippen molar-refractivity contribution in [1.82, 2.24) is 4.98 Å². The lowest BCUT2D eigenvalue weighted by atomic mass is 10.00. The van der Waals surface area contributed by atoms with Crippen LogP contribution in [0.5, 0.6) is 23.0 Å². The normalized spacial score (nSPS) is 16.9. The smallest absolute Gasteiger partial charge is 0.185 e. The molecule has 0 fully saturated rings. The van der Waals surface area contributed by atoms with Crippen LogP contribution in [0.15, 0.2) is 109 Å². The van der Waals surface area contributed by atoms with Gasteiger partial charge in [-0.25, -0.2) is 0 Å². The molecule has 162 valence electrons. The molecular formula is C29H18NO3P. The molecule has 1 aromatic heterocycles. The van der Waals surface area contributed by atoms with Crippen molar-refractivity contribution in [2.24, 2.45) is 0 Å². The van der Waals surface area contributed by atoms with Crippen molar-refractivity contribution < 1.29 is 14.0 Å². The second kappa shape index (κ2) is 7.18. The molecule has 5 heteroatoms. The molecule has 0 saturated heterocycles. The molecule has 0 aliphatic carbocycles. The van der Waals surface area contributed by atoms with E-state index in [0.29, 0.717) is 38.9 Å². The lowest BCUT2D eigenvalue weighted by Gasteiger charge is -2.35. The minimum atomic E-state index is -3.18. The zero-order chi connectivity index (χ0) is 22.7. The molecule has 1 unspecified atom stereocenters. The molecule has 0 amide bonds. The van der Waals surface area contributed by atoms with E-state index in [9.17, 15) is 4.57 Å². The quantitative estimate of drug-likeness (QED) is 0.286. The fourth-order valence-electron chi connectivity index (χ4n) is 4.85. The highest BCUT2D eigenvalue weighted by Gasteiger charge is 2.46. The Hall–Kier alpha value is -4.14. The van der Waals surface area contributed by atoms with Crippen molar-refractivity contribution in [3.8, 4) is 45.3 Å². The van der Waals surface area contributed by atoms with Gasteiger partial charge in [-0.05, 0) is 59.2 Å². The summed E-state index contributed by atoms with van der Waals surface area (Å²) in [5, 5.41) is 2.06. The third-order valence-electron chi connectivity index (χ3n) is 6.44. The van der Waals surface area contributed by atoms with E-state index in [2.05, 4.69) is 29.2 Å². The summed E-state index contributed by atoms with van der Waals surface area (Å²) in [6.45, 7) is 0. The number of rotatable bonds is 2. The van der Waals surface area contributed by atoms with E-state index < -0.39 is 7.14 Å². The Balaban J connectivity index is 1.45. The SMILES string of the molecule is O=P12c3ccccc3Oc3ccc(-c4ccc(-c5cccnc5)cc4)c(c31)Oc1ccccc12. The van der Waals surface area contributed by atoms with Gasteiger partial charge in [0.25, 0.3) is 0 Å². The minimum absolute atomic E-state index is 0.585. The first kappa shape index (κ1) is 19.3. The molecule has 2 aliphatic rings. The molecule has 4 nitrogen and oxygen atoms in total. The van der Waals surface area contributed by atoms with Crippen molar-refractivity contribution >= 4 is 23.1 Å². The van der Waals surface area contributed by atoms with Crippen molar-refractivity contribution in [3.63, 3.8) is 0 Å². The van der Waals surface area contributed by atoms with Crippen molar-refractivity contribution in [2.45, 2.75) is 0 Å². The van der Waals surface area contributed by atoms with Crippen molar-refractivity contribution in [1.29, 1.82) is 0 Å². The summed E-state index contributed by atoms with van der Waals surface area (Å²) >= 11 is 0. The molecule has 0 bridgehead atoms. The molecule has 0 spiro atoms. The Morgan fingerprint density at radius 2 is 1.26 bits per heavy atom. The first-order valence-corrected chi connectivity index (χ1v) is 12.8. The predicted octanol–water partition coefficient (Wildman–Crippen LogP) is 6.27. The van der Waals surface area contributed by atoms with E-state index in [1.54, 1.807) is 6.20 Å². The van der Waals surface area contributed by atoms with Crippen LogP contribution in [0.2, 0.25) is 0 Å². The largest absolute Gasteiger partial charge is 0.456 e. The number of benzene rings is 4. The van der Waals surface area contributed by atoms with Crippen LogP contribution in [0.3, 0.4) is 0 Å². The van der Waals surface area contributed by atoms with Crippen molar-refractivity contribution in [3.05, 3.63) is 109 Å². The zero-order valence-corrected chi connectivity index (χ0v) is 18.9. The molecule has 0 saturated carbocycles. The summed E-state index contributed by atoms with van der Waals surface area (Å²) in [5.41, 5.74) is 4.00. The van der Waals surface area contributed by atoms with Crippen LogP contribution in [0.1, 0.15) is 0 Å². The average Bonchev–Trinajstić information content (AvgIpc) is 2.90. The van der Waals surface area contributed by atoms with Crippen LogP contribution in [-0.4, -0.2) is 4.98 Å². The molecule has 4 aromatic carbocycles. The number of pyridine rings is 1. The van der Waals surface area contributed by atoms with E-state index in [4.69, 9.17) is 9.47 Å². The van der Waals surface area contributed by atoms with Crippen LogP contribution in [0, 0.1) is 0 Å². The monoisotopic (exact) mass is 459 g/mol. The summed E-state index contributed by atoms with van der Waals surface area (Å²) in [7, 11) is -3.18. The number of hydrogen-bond donors (Lipinski definition) is 0. The van der Waals surface area contributed by atoms with Crippen LogP contribution >= 0.6 is 7.14 Å². The Kier molecular flexibility index (Phi) is 4.08. The summed E-state index contributed by atoms with van der Waals surface area (Å²) in [6.07, 6.45) is 3.62. The van der Waals surface area contributed by atoms with Crippen LogP contribution < -0.4 is 25.4 Å². The Labute approximate surface area is 196 Å². The fraction of sp³-hybridized carbons (Fsp3) is 0. The molecule has 3 heterocycles. The van der Waals surface area contributed by atoms with Gasteiger partial charge >= 0.3 is 0 Å². The zero-order valence-electron chi connectivity index (χ0n) is 18.0. The van der Waals surface area contributed by atoms with Gasteiger partial charge in [-0.1, -0.05) is 54.6 Å². The fourth-order valence-corrected chi connectivity index (χ4v) is 7.92. The highest BCUT2D eigenvalue weighted by molar-refractivity contribution is 7.86. The molecule has 0 N–H and O–H groups in total. The lowest BCUT2D eigenvalue weighted by molar-refractivity contribution is 0.463. The number of fused-ring (bicyclic) bond motifs is 4. The lowest BCUT2D eigenvalue weighted by Crippen LogP contribution is -2.35. The molecule has 0 radical (unpaired) electrons. The summed E-state index contributed by atoms with van der Waals surface area (Å²) in [6, 6.07) is 31.3. The van der Waals surface area contributed by atoms with E-state index in [1.807, 2.05) is 79.0 Å². The standard InChI is InChI=1S/C29H18NO3P/c31-34-26-9-3-1-7-23(26)32-25-16-15-22(28(29(25)34)33-24-8-2-4-10-27(24)34)20-13-11-19(12-14-20)21-6-5-17-30-18-21/h1-18H. The maximum Gasteiger partial charge on any atom is 0.185 e. The van der Waals surface area contributed by atoms with Gasteiger partial charge in [0.2, 0.25) is 0 Å². The highest BCUT2D eigenvalue weighted by Crippen LogP contribution is 2.59. The maximum atomic E-state index is 15.0. The average molecular weight is 459 g/mol. The third-order valence-corrected chi connectivity index (χ3v) is 9.59. The van der Waals surface area contributed by atoms with Gasteiger partial charge in [0, 0.05) is 18.0 Å².